The molecule has 0 amide bonds. The first-order valence-electron chi connectivity index (χ1n) is 9.64. The van der Waals surface area contributed by atoms with Gasteiger partial charge in [-0.2, -0.15) is 0 Å². The van der Waals surface area contributed by atoms with E-state index in [0.29, 0.717) is 25.4 Å². The molecule has 5 rings (SSSR count). The van der Waals surface area contributed by atoms with E-state index >= 15 is 0 Å². The van der Waals surface area contributed by atoms with Crippen LogP contribution in [-0.4, -0.2) is 35.8 Å². The lowest BCUT2D eigenvalue weighted by Gasteiger charge is -2.41. The number of nitrogens with zero attached hydrogens (tertiary/aromatic N) is 2. The lowest BCUT2D eigenvalue weighted by Crippen LogP contribution is -2.48. The minimum absolute atomic E-state index is 0.106. The topological polar surface area (TPSA) is 24.8 Å². The molecule has 3 aliphatic rings. The molecule has 2 heterocycles. The van der Waals surface area contributed by atoms with Gasteiger partial charge in [0.05, 0.1) is 12.6 Å². The zero-order chi connectivity index (χ0) is 18.4. The number of alkyl halides is 1. The van der Waals surface area contributed by atoms with Crippen molar-refractivity contribution in [2.45, 2.75) is 43.5 Å². The maximum atomic E-state index is 14.8. The molecule has 27 heavy (non-hydrogen) atoms. The average Bonchev–Trinajstić information content (AvgIpc) is 3.16. The number of fused-ring (bicyclic) bond motifs is 1. The van der Waals surface area contributed by atoms with E-state index in [2.05, 4.69) is 22.0 Å². The van der Waals surface area contributed by atoms with Gasteiger partial charge in [-0.15, -0.1) is 0 Å². The summed E-state index contributed by atoms with van der Waals surface area (Å²) in [5.74, 6) is -0.256. The molecule has 1 aliphatic carbocycles. The Morgan fingerprint density at radius 2 is 1.85 bits per heavy atom. The van der Waals surface area contributed by atoms with Crippen LogP contribution in [-0.2, 0) is 11.2 Å². The molecule has 0 aromatic heterocycles. The minimum atomic E-state index is -1.23. The van der Waals surface area contributed by atoms with Crippen LogP contribution in [0.2, 0.25) is 0 Å². The number of amidine groups is 1. The second kappa shape index (κ2) is 6.32. The third-order valence-corrected chi connectivity index (χ3v) is 6.12. The lowest BCUT2D eigenvalue weighted by molar-refractivity contribution is -0.0471. The van der Waals surface area contributed by atoms with E-state index in [1.54, 1.807) is 0 Å². The minimum Gasteiger partial charge on any atom is -0.456 e. The van der Waals surface area contributed by atoms with Gasteiger partial charge in [-0.25, -0.2) is 13.8 Å². The van der Waals surface area contributed by atoms with Crippen LogP contribution in [0.1, 0.15) is 42.0 Å². The van der Waals surface area contributed by atoms with Crippen LogP contribution >= 0.6 is 0 Å². The van der Waals surface area contributed by atoms with Crippen molar-refractivity contribution in [3.63, 3.8) is 0 Å². The van der Waals surface area contributed by atoms with E-state index < -0.39 is 11.8 Å². The predicted octanol–water partition coefficient (Wildman–Crippen LogP) is 4.42. The smallest absolute Gasteiger partial charge is 0.288 e. The van der Waals surface area contributed by atoms with Gasteiger partial charge in [0, 0.05) is 6.54 Å². The molecule has 0 saturated heterocycles. The summed E-state index contributed by atoms with van der Waals surface area (Å²) in [6, 6.07) is 15.3. The highest BCUT2D eigenvalue weighted by atomic mass is 19.1. The number of hydrogen-bond donors (Lipinski definition) is 0. The summed E-state index contributed by atoms with van der Waals surface area (Å²) >= 11 is 0. The van der Waals surface area contributed by atoms with Gasteiger partial charge in [-0.05, 0) is 54.5 Å². The van der Waals surface area contributed by atoms with Crippen molar-refractivity contribution >= 4 is 6.02 Å². The summed E-state index contributed by atoms with van der Waals surface area (Å²) < 4.78 is 34.3. The third kappa shape index (κ3) is 2.80. The van der Waals surface area contributed by atoms with Gasteiger partial charge in [-0.1, -0.05) is 36.4 Å². The average molecular weight is 368 g/mol. The highest BCUT2D eigenvalue weighted by molar-refractivity contribution is 5.77. The molecule has 140 valence electrons. The van der Waals surface area contributed by atoms with Gasteiger partial charge >= 0.3 is 0 Å². The van der Waals surface area contributed by atoms with Crippen molar-refractivity contribution < 1.29 is 13.5 Å². The van der Waals surface area contributed by atoms with Gasteiger partial charge in [0.1, 0.15) is 11.5 Å². The highest BCUT2D eigenvalue weighted by Crippen LogP contribution is 2.43. The molecular formula is C22H22F2N2O. The molecule has 0 bridgehead atoms. The number of halogens is 2. The second-order valence-corrected chi connectivity index (χ2v) is 7.71. The normalized spacial score (nSPS) is 26.0. The highest BCUT2D eigenvalue weighted by Gasteiger charge is 2.49. The predicted molar refractivity (Wildman–Crippen MR) is 100.0 cm³/mol. The molecule has 2 atom stereocenters. The van der Waals surface area contributed by atoms with Crippen molar-refractivity contribution in [1.82, 2.24) is 4.90 Å². The Hall–Kier alpha value is -2.43. The van der Waals surface area contributed by atoms with E-state index in [1.165, 1.54) is 23.3 Å². The first-order chi connectivity index (χ1) is 13.1. The zero-order valence-corrected chi connectivity index (χ0v) is 15.1. The molecule has 1 fully saturated rings. The fourth-order valence-electron chi connectivity index (χ4n) is 4.40. The van der Waals surface area contributed by atoms with E-state index in [0.717, 1.165) is 24.9 Å². The fourth-order valence-corrected chi connectivity index (χ4v) is 4.40. The maximum absolute atomic E-state index is 14.8. The Labute approximate surface area is 157 Å². The number of aliphatic imine (C=N–C) groups is 1. The van der Waals surface area contributed by atoms with E-state index in [1.807, 2.05) is 24.3 Å². The largest absolute Gasteiger partial charge is 0.456 e. The SMILES string of the molecule is Fc1ccc([C@H]2c3ccccc3CCN2C2=NC[C@H](C3(F)CCC3)O2)cc1. The summed E-state index contributed by atoms with van der Waals surface area (Å²) in [5.41, 5.74) is 2.20. The molecule has 3 nitrogen and oxygen atoms in total. The van der Waals surface area contributed by atoms with Crippen LogP contribution in [0.5, 0.6) is 0 Å². The van der Waals surface area contributed by atoms with Gasteiger partial charge in [0.15, 0.2) is 6.10 Å². The molecule has 2 aliphatic heterocycles. The molecule has 2 aromatic rings. The summed E-state index contributed by atoms with van der Waals surface area (Å²) in [5, 5.41) is 0. The molecule has 0 N–H and O–H groups in total. The summed E-state index contributed by atoms with van der Waals surface area (Å²) in [4.78, 5) is 6.67. The van der Waals surface area contributed by atoms with E-state index in [9.17, 15) is 8.78 Å². The molecule has 0 radical (unpaired) electrons. The molecule has 2 aromatic carbocycles. The van der Waals surface area contributed by atoms with E-state index in [-0.39, 0.29) is 11.9 Å². The standard InChI is InChI=1S/C22H22F2N2O/c23-17-8-6-16(7-9-17)20-18-5-2-1-4-15(18)10-13-26(20)21-25-14-19(27-21)22(24)11-3-12-22/h1-2,4-9,19-20H,3,10-14H2/t19-,20+/m1/s1. The van der Waals surface area contributed by atoms with Crippen molar-refractivity contribution in [2.75, 3.05) is 13.1 Å². The Kier molecular flexibility index (Phi) is 3.92. The van der Waals surface area contributed by atoms with Gasteiger partial charge in [-0.3, -0.25) is 0 Å². The Balaban J connectivity index is 1.49. The second-order valence-electron chi connectivity index (χ2n) is 7.71. The lowest BCUT2D eigenvalue weighted by atomic mass is 9.78. The first-order valence-corrected chi connectivity index (χ1v) is 9.64. The number of ether oxygens (including phenoxy) is 1. The van der Waals surface area contributed by atoms with Crippen LogP contribution in [0.3, 0.4) is 0 Å². The molecule has 0 unspecified atom stereocenters. The molecule has 5 heteroatoms. The van der Waals surface area contributed by atoms with Gasteiger partial charge in [0.2, 0.25) is 0 Å². The van der Waals surface area contributed by atoms with Gasteiger partial charge < -0.3 is 9.64 Å². The fraction of sp³-hybridized carbons (Fsp3) is 0.409. The number of benzene rings is 2. The van der Waals surface area contributed by atoms with Crippen molar-refractivity contribution in [1.29, 1.82) is 0 Å². The Bertz CT molecular complexity index is 876. The molecular weight excluding hydrogens is 346 g/mol. The van der Waals surface area contributed by atoms with Crippen molar-refractivity contribution in [3.05, 3.63) is 71.0 Å². The Morgan fingerprint density at radius 3 is 2.59 bits per heavy atom. The van der Waals surface area contributed by atoms with Gasteiger partial charge in [0.25, 0.3) is 6.02 Å². The molecule has 1 saturated carbocycles. The first kappa shape index (κ1) is 16.7. The van der Waals surface area contributed by atoms with Crippen molar-refractivity contribution in [3.8, 4) is 0 Å². The monoisotopic (exact) mass is 368 g/mol. The third-order valence-electron chi connectivity index (χ3n) is 6.12. The van der Waals surface area contributed by atoms with E-state index in [4.69, 9.17) is 4.74 Å². The quantitative estimate of drug-likeness (QED) is 0.784. The summed E-state index contributed by atoms with van der Waals surface area (Å²) in [6.07, 6.45) is 2.44. The number of rotatable bonds is 2. The van der Waals surface area contributed by atoms with Crippen LogP contribution in [0.4, 0.5) is 8.78 Å². The Morgan fingerprint density at radius 1 is 1.07 bits per heavy atom. The summed E-state index contributed by atoms with van der Waals surface area (Å²) in [7, 11) is 0. The molecule has 0 spiro atoms. The van der Waals surface area contributed by atoms with Crippen LogP contribution in [0.15, 0.2) is 53.5 Å². The summed E-state index contributed by atoms with van der Waals surface area (Å²) in [6.45, 7) is 1.12. The van der Waals surface area contributed by atoms with Crippen LogP contribution < -0.4 is 0 Å². The van der Waals surface area contributed by atoms with Crippen molar-refractivity contribution in [2.24, 2.45) is 4.99 Å². The zero-order valence-electron chi connectivity index (χ0n) is 15.1. The maximum Gasteiger partial charge on any atom is 0.288 e. The number of hydrogen-bond acceptors (Lipinski definition) is 3. The van der Waals surface area contributed by atoms with Crippen LogP contribution in [0.25, 0.3) is 0 Å². The van der Waals surface area contributed by atoms with Crippen LogP contribution in [0, 0.1) is 5.82 Å².